The van der Waals surface area contributed by atoms with Crippen molar-refractivity contribution < 1.29 is 14.3 Å². The molecule has 0 aliphatic rings. The van der Waals surface area contributed by atoms with E-state index >= 15 is 0 Å². The second-order valence-electron chi connectivity index (χ2n) is 7.92. The van der Waals surface area contributed by atoms with Gasteiger partial charge >= 0.3 is 0 Å². The van der Waals surface area contributed by atoms with E-state index < -0.39 is 0 Å². The molecule has 166 valence electrons. The number of anilines is 3. The number of carbonyl (C=O) groups excluding carboxylic acids is 2. The van der Waals surface area contributed by atoms with E-state index in [9.17, 15) is 9.59 Å². The van der Waals surface area contributed by atoms with Gasteiger partial charge in [0.2, 0.25) is 11.8 Å². The lowest BCUT2D eigenvalue weighted by Crippen LogP contribution is -2.21. The highest BCUT2D eigenvalue weighted by atomic mass is 16.5. The van der Waals surface area contributed by atoms with Crippen LogP contribution < -0.4 is 20.7 Å². The number of benzene rings is 3. The zero-order chi connectivity index (χ0) is 22.8. The summed E-state index contributed by atoms with van der Waals surface area (Å²) in [7, 11) is 0. The van der Waals surface area contributed by atoms with Gasteiger partial charge in [-0.25, -0.2) is 0 Å². The van der Waals surface area contributed by atoms with E-state index in [0.717, 1.165) is 22.7 Å². The van der Waals surface area contributed by atoms with Crippen molar-refractivity contribution in [1.29, 1.82) is 0 Å². The summed E-state index contributed by atoms with van der Waals surface area (Å²) >= 11 is 0. The van der Waals surface area contributed by atoms with E-state index in [-0.39, 0.29) is 18.4 Å². The fourth-order valence-corrected chi connectivity index (χ4v) is 3.02. The minimum absolute atomic E-state index is 0.00317. The molecule has 0 unspecified atom stereocenters. The molecule has 0 aliphatic carbocycles. The third-order valence-corrected chi connectivity index (χ3v) is 4.60. The molecule has 0 bridgehead atoms. The van der Waals surface area contributed by atoms with Crippen LogP contribution in [0.3, 0.4) is 0 Å². The first-order valence-electron chi connectivity index (χ1n) is 10.7. The summed E-state index contributed by atoms with van der Waals surface area (Å²) in [6.45, 7) is 4.64. The molecule has 0 spiro atoms. The van der Waals surface area contributed by atoms with E-state index in [1.54, 1.807) is 0 Å². The first-order valence-corrected chi connectivity index (χ1v) is 10.7. The first-order chi connectivity index (χ1) is 15.5. The topological polar surface area (TPSA) is 79.5 Å². The largest absolute Gasteiger partial charge is 0.489 e. The van der Waals surface area contributed by atoms with Gasteiger partial charge in [0, 0.05) is 23.5 Å². The van der Waals surface area contributed by atoms with Gasteiger partial charge in [0.05, 0.1) is 6.54 Å². The molecular formula is C26H29N3O3. The van der Waals surface area contributed by atoms with Crippen LogP contribution in [0.4, 0.5) is 17.1 Å². The maximum atomic E-state index is 12.2. The van der Waals surface area contributed by atoms with Gasteiger partial charge in [-0.05, 0) is 60.0 Å². The van der Waals surface area contributed by atoms with E-state index in [1.165, 1.54) is 0 Å². The van der Waals surface area contributed by atoms with Crippen molar-refractivity contribution in [3.8, 4) is 5.75 Å². The van der Waals surface area contributed by atoms with Crippen LogP contribution in [0.2, 0.25) is 0 Å². The fourth-order valence-electron chi connectivity index (χ4n) is 3.02. The number of hydrogen-bond acceptors (Lipinski definition) is 4. The third kappa shape index (κ3) is 7.80. The van der Waals surface area contributed by atoms with Gasteiger partial charge in [-0.3, -0.25) is 9.59 Å². The number of amides is 2. The highest BCUT2D eigenvalue weighted by molar-refractivity contribution is 5.94. The predicted molar refractivity (Wildman–Crippen MR) is 129 cm³/mol. The average Bonchev–Trinajstić information content (AvgIpc) is 2.78. The van der Waals surface area contributed by atoms with Gasteiger partial charge in [-0.15, -0.1) is 0 Å². The fraction of sp³-hybridized carbons (Fsp3) is 0.231. The quantitative estimate of drug-likeness (QED) is 0.407. The van der Waals surface area contributed by atoms with E-state index in [0.29, 0.717) is 24.6 Å². The molecule has 0 saturated heterocycles. The van der Waals surface area contributed by atoms with Crippen LogP contribution >= 0.6 is 0 Å². The van der Waals surface area contributed by atoms with Crippen LogP contribution in [0, 0.1) is 5.92 Å². The maximum Gasteiger partial charge on any atom is 0.243 e. The molecule has 0 aromatic heterocycles. The summed E-state index contributed by atoms with van der Waals surface area (Å²) in [5, 5.41) is 8.80. The Morgan fingerprint density at radius 1 is 0.750 bits per heavy atom. The van der Waals surface area contributed by atoms with Crippen molar-refractivity contribution in [2.45, 2.75) is 26.9 Å². The average molecular weight is 432 g/mol. The first kappa shape index (κ1) is 22.9. The summed E-state index contributed by atoms with van der Waals surface area (Å²) in [5.41, 5.74) is 3.33. The molecule has 3 aromatic carbocycles. The molecule has 6 heteroatoms. The molecule has 0 heterocycles. The number of nitrogens with one attached hydrogen (secondary N) is 3. The van der Waals surface area contributed by atoms with Crippen molar-refractivity contribution in [3.05, 3.63) is 84.4 Å². The summed E-state index contributed by atoms with van der Waals surface area (Å²) in [5.74, 6) is 0.895. The Balaban J connectivity index is 1.41. The van der Waals surface area contributed by atoms with E-state index in [2.05, 4.69) is 16.0 Å². The van der Waals surface area contributed by atoms with Crippen molar-refractivity contribution in [3.63, 3.8) is 0 Å². The number of rotatable bonds is 10. The minimum Gasteiger partial charge on any atom is -0.489 e. The molecule has 0 atom stereocenters. The second kappa shape index (κ2) is 11.6. The summed E-state index contributed by atoms with van der Waals surface area (Å²) in [6, 6.07) is 24.5. The molecule has 0 fully saturated rings. The standard InChI is InChI=1S/C26H29N3O3/c1-19(2)16-25(30)28-22-10-8-21(9-11-22)27-17-26(31)29-23-12-14-24(15-13-23)32-18-20-6-4-3-5-7-20/h3-15,19,27H,16-18H2,1-2H3,(H,28,30)(H,29,31). The maximum absolute atomic E-state index is 12.2. The Morgan fingerprint density at radius 2 is 1.31 bits per heavy atom. The number of ether oxygens (including phenoxy) is 1. The summed E-state index contributed by atoms with van der Waals surface area (Å²) in [4.78, 5) is 24.1. The lowest BCUT2D eigenvalue weighted by atomic mass is 10.1. The lowest BCUT2D eigenvalue weighted by Gasteiger charge is -2.11. The SMILES string of the molecule is CC(C)CC(=O)Nc1ccc(NCC(=O)Nc2ccc(OCc3ccccc3)cc2)cc1. The number of carbonyl (C=O) groups is 2. The van der Waals surface area contributed by atoms with Crippen LogP contribution in [0.1, 0.15) is 25.8 Å². The summed E-state index contributed by atoms with van der Waals surface area (Å²) < 4.78 is 5.76. The Bertz CT molecular complexity index is 1000. The van der Waals surface area contributed by atoms with Gasteiger partial charge in [0.1, 0.15) is 12.4 Å². The van der Waals surface area contributed by atoms with Crippen molar-refractivity contribution in [2.24, 2.45) is 5.92 Å². The Labute approximate surface area is 189 Å². The Kier molecular flexibility index (Phi) is 8.26. The zero-order valence-electron chi connectivity index (χ0n) is 18.4. The van der Waals surface area contributed by atoms with Crippen LogP contribution in [-0.2, 0) is 16.2 Å². The molecule has 0 radical (unpaired) electrons. The molecule has 6 nitrogen and oxygen atoms in total. The highest BCUT2D eigenvalue weighted by Gasteiger charge is 2.06. The van der Waals surface area contributed by atoms with E-state index in [1.807, 2.05) is 92.7 Å². The van der Waals surface area contributed by atoms with Crippen molar-refractivity contribution >= 4 is 28.9 Å². The molecule has 0 saturated carbocycles. The monoisotopic (exact) mass is 431 g/mol. The van der Waals surface area contributed by atoms with Crippen LogP contribution in [0.15, 0.2) is 78.9 Å². The molecule has 2 amide bonds. The molecule has 3 rings (SSSR count). The van der Waals surface area contributed by atoms with Crippen molar-refractivity contribution in [1.82, 2.24) is 0 Å². The number of hydrogen-bond donors (Lipinski definition) is 3. The van der Waals surface area contributed by atoms with Crippen LogP contribution in [0.5, 0.6) is 5.75 Å². The van der Waals surface area contributed by atoms with E-state index in [4.69, 9.17) is 4.74 Å². The second-order valence-corrected chi connectivity index (χ2v) is 7.92. The Morgan fingerprint density at radius 3 is 1.94 bits per heavy atom. The molecule has 0 aliphatic heterocycles. The smallest absolute Gasteiger partial charge is 0.243 e. The molecular weight excluding hydrogens is 402 g/mol. The third-order valence-electron chi connectivity index (χ3n) is 4.60. The molecule has 32 heavy (non-hydrogen) atoms. The van der Waals surface area contributed by atoms with Gasteiger partial charge in [-0.2, -0.15) is 0 Å². The zero-order valence-corrected chi connectivity index (χ0v) is 18.4. The van der Waals surface area contributed by atoms with Gasteiger partial charge in [0.25, 0.3) is 0 Å². The normalized spacial score (nSPS) is 10.5. The van der Waals surface area contributed by atoms with Gasteiger partial charge < -0.3 is 20.7 Å². The lowest BCUT2D eigenvalue weighted by molar-refractivity contribution is -0.117. The predicted octanol–water partition coefficient (Wildman–Crippen LogP) is 5.30. The van der Waals surface area contributed by atoms with Crippen LogP contribution in [-0.4, -0.2) is 18.4 Å². The minimum atomic E-state index is -0.155. The van der Waals surface area contributed by atoms with Gasteiger partial charge in [-0.1, -0.05) is 44.2 Å². The molecule has 3 aromatic rings. The van der Waals surface area contributed by atoms with Crippen LogP contribution in [0.25, 0.3) is 0 Å². The van der Waals surface area contributed by atoms with Gasteiger partial charge in [0.15, 0.2) is 0 Å². The highest BCUT2D eigenvalue weighted by Crippen LogP contribution is 2.18. The molecule has 3 N–H and O–H groups in total. The summed E-state index contributed by atoms with van der Waals surface area (Å²) in [6.07, 6.45) is 0.486. The Hall–Kier alpha value is -3.80. The van der Waals surface area contributed by atoms with Crippen molar-refractivity contribution in [2.75, 3.05) is 22.5 Å².